The lowest BCUT2D eigenvalue weighted by molar-refractivity contribution is 0.376. The van der Waals surface area contributed by atoms with Crippen molar-refractivity contribution in [1.82, 2.24) is 18.8 Å². The van der Waals surface area contributed by atoms with Gasteiger partial charge in [-0.15, -0.1) is 0 Å². The Hall–Kier alpha value is -2.25. The molecule has 7 heteroatoms. The second-order valence-electron chi connectivity index (χ2n) is 7.77. The molecule has 1 saturated heterocycles. The highest BCUT2D eigenvalue weighted by Crippen LogP contribution is 2.37. The Labute approximate surface area is 165 Å². The predicted octanol–water partition coefficient (Wildman–Crippen LogP) is 3.37. The predicted molar refractivity (Wildman–Crippen MR) is 107 cm³/mol. The van der Waals surface area contributed by atoms with E-state index in [0.29, 0.717) is 6.54 Å². The molecule has 0 bridgehead atoms. The Morgan fingerprint density at radius 3 is 2.79 bits per heavy atom. The second kappa shape index (κ2) is 6.67. The smallest absolute Gasteiger partial charge is 0.245 e. The number of hydrogen-bond acceptors (Lipinski definition) is 4. The van der Waals surface area contributed by atoms with Crippen LogP contribution in [0.4, 0.5) is 0 Å². The first-order chi connectivity index (χ1) is 13.6. The molecule has 3 heterocycles. The quantitative estimate of drug-likeness (QED) is 0.681. The van der Waals surface area contributed by atoms with Crippen LogP contribution in [0.15, 0.2) is 41.4 Å². The number of hydrogen-bond donors (Lipinski definition) is 0. The largest absolute Gasteiger partial charge is 0.333 e. The number of aryl methyl sites for hydroxylation is 1. The van der Waals surface area contributed by atoms with Gasteiger partial charge >= 0.3 is 0 Å². The van der Waals surface area contributed by atoms with Gasteiger partial charge in [0.2, 0.25) is 10.0 Å². The van der Waals surface area contributed by atoms with Crippen molar-refractivity contribution >= 4 is 20.9 Å². The Morgan fingerprint density at radius 1 is 1.11 bits per heavy atom. The fourth-order valence-electron chi connectivity index (χ4n) is 4.62. The summed E-state index contributed by atoms with van der Waals surface area (Å²) in [5, 5.41) is 0.840. The van der Waals surface area contributed by atoms with Crippen molar-refractivity contribution in [2.45, 2.75) is 49.5 Å². The van der Waals surface area contributed by atoms with Crippen molar-refractivity contribution in [1.29, 1.82) is 0 Å². The molecule has 1 aliphatic carbocycles. The number of sulfonamides is 1. The van der Waals surface area contributed by atoms with Gasteiger partial charge in [0.05, 0.1) is 17.3 Å². The van der Waals surface area contributed by atoms with Crippen LogP contribution in [0.2, 0.25) is 0 Å². The Kier molecular flexibility index (Phi) is 4.25. The van der Waals surface area contributed by atoms with Gasteiger partial charge in [0.15, 0.2) is 0 Å². The first kappa shape index (κ1) is 17.8. The van der Waals surface area contributed by atoms with E-state index in [9.17, 15) is 8.42 Å². The van der Waals surface area contributed by atoms with E-state index >= 15 is 0 Å². The fraction of sp³-hybridized carbons (Fsp3) is 0.429. The van der Waals surface area contributed by atoms with Crippen LogP contribution in [0.25, 0.3) is 10.9 Å². The van der Waals surface area contributed by atoms with Crippen LogP contribution >= 0.6 is 0 Å². The Bertz CT molecular complexity index is 1150. The Balaban J connectivity index is 1.54. The summed E-state index contributed by atoms with van der Waals surface area (Å²) in [5.41, 5.74) is 3.23. The zero-order chi connectivity index (χ0) is 19.3. The summed E-state index contributed by atoms with van der Waals surface area (Å²) in [6.07, 6.45) is 7.52. The molecule has 6 nitrogen and oxygen atoms in total. The van der Waals surface area contributed by atoms with Gasteiger partial charge < -0.3 is 4.57 Å². The van der Waals surface area contributed by atoms with Crippen molar-refractivity contribution in [3.05, 3.63) is 53.7 Å². The van der Waals surface area contributed by atoms with Crippen molar-refractivity contribution in [2.24, 2.45) is 7.05 Å². The summed E-state index contributed by atoms with van der Waals surface area (Å²) in [6, 6.07) is 9.13. The molecule has 0 saturated carbocycles. The third-order valence-corrected chi connectivity index (χ3v) is 7.96. The second-order valence-corrected chi connectivity index (χ2v) is 9.66. The van der Waals surface area contributed by atoms with Crippen molar-refractivity contribution in [2.75, 3.05) is 6.54 Å². The lowest BCUT2D eigenvalue weighted by Crippen LogP contribution is -2.32. The number of pyridine rings is 1. The third-order valence-electron chi connectivity index (χ3n) is 6.08. The van der Waals surface area contributed by atoms with Gasteiger partial charge in [-0.3, -0.25) is 4.98 Å². The molecule has 0 N–H and O–H groups in total. The third kappa shape index (κ3) is 2.76. The van der Waals surface area contributed by atoms with Gasteiger partial charge in [-0.2, -0.15) is 4.31 Å². The van der Waals surface area contributed by atoms with Crippen LogP contribution in [0.5, 0.6) is 0 Å². The summed E-state index contributed by atoms with van der Waals surface area (Å²) in [5.74, 6) is 0.890. The van der Waals surface area contributed by atoms with E-state index in [1.165, 1.54) is 24.7 Å². The topological polar surface area (TPSA) is 68.1 Å². The van der Waals surface area contributed by atoms with Crippen LogP contribution in [0.1, 0.15) is 48.9 Å². The first-order valence-corrected chi connectivity index (χ1v) is 11.4. The van der Waals surface area contributed by atoms with Crippen LogP contribution in [0.3, 0.4) is 0 Å². The minimum Gasteiger partial charge on any atom is -0.333 e. The van der Waals surface area contributed by atoms with E-state index in [0.717, 1.165) is 48.1 Å². The molecule has 0 spiro atoms. The van der Waals surface area contributed by atoms with E-state index in [4.69, 9.17) is 4.98 Å². The molecule has 146 valence electrons. The lowest BCUT2D eigenvalue weighted by atomic mass is 10.0. The van der Waals surface area contributed by atoms with Gasteiger partial charge in [0.1, 0.15) is 10.7 Å². The molecule has 2 aromatic heterocycles. The highest BCUT2D eigenvalue weighted by Gasteiger charge is 2.39. The van der Waals surface area contributed by atoms with Crippen LogP contribution < -0.4 is 0 Å². The summed E-state index contributed by atoms with van der Waals surface area (Å²) in [7, 11) is -1.59. The van der Waals surface area contributed by atoms with Gasteiger partial charge in [-0.25, -0.2) is 13.4 Å². The minimum absolute atomic E-state index is 0.202. The highest BCUT2D eigenvalue weighted by atomic mass is 32.2. The first-order valence-electron chi connectivity index (χ1n) is 9.97. The lowest BCUT2D eigenvalue weighted by Gasteiger charge is -2.24. The number of benzene rings is 1. The van der Waals surface area contributed by atoms with Gasteiger partial charge in [0.25, 0.3) is 0 Å². The molecule has 0 radical (unpaired) electrons. The molecule has 1 fully saturated rings. The van der Waals surface area contributed by atoms with E-state index in [1.54, 1.807) is 10.4 Å². The van der Waals surface area contributed by atoms with E-state index < -0.39 is 10.0 Å². The van der Waals surface area contributed by atoms with Crippen LogP contribution in [-0.2, 0) is 29.9 Å². The zero-order valence-electron chi connectivity index (χ0n) is 16.0. The van der Waals surface area contributed by atoms with Gasteiger partial charge in [0, 0.05) is 30.9 Å². The van der Waals surface area contributed by atoms with Crippen molar-refractivity contribution in [3.63, 3.8) is 0 Å². The van der Waals surface area contributed by atoms with Crippen LogP contribution in [0, 0.1) is 0 Å². The maximum atomic E-state index is 13.5. The summed E-state index contributed by atoms with van der Waals surface area (Å²) >= 11 is 0. The maximum absolute atomic E-state index is 13.5. The molecule has 1 atom stereocenters. The average molecular weight is 397 g/mol. The molecule has 1 unspecified atom stereocenters. The number of para-hydroxylation sites is 1. The van der Waals surface area contributed by atoms with E-state index in [1.807, 2.05) is 31.3 Å². The molecule has 1 aromatic carbocycles. The maximum Gasteiger partial charge on any atom is 0.245 e. The number of imidazole rings is 1. The van der Waals surface area contributed by atoms with Crippen molar-refractivity contribution in [3.8, 4) is 0 Å². The molecule has 1 aliphatic heterocycles. The molecule has 5 rings (SSSR count). The molecule has 3 aromatic rings. The normalized spacial score (nSPS) is 20.5. The SMILES string of the molecule is Cn1c(C2CCCN2S(=O)(=O)c2cnc3ccccc3c2)nc2c1CCCC2. The summed E-state index contributed by atoms with van der Waals surface area (Å²) in [6.45, 7) is 0.525. The number of rotatable bonds is 3. The fourth-order valence-corrected chi connectivity index (χ4v) is 6.25. The molecular formula is C21H24N4O2S. The average Bonchev–Trinajstić information content (AvgIpc) is 3.33. The minimum atomic E-state index is -3.63. The molecular weight excluding hydrogens is 372 g/mol. The zero-order valence-corrected chi connectivity index (χ0v) is 16.8. The van der Waals surface area contributed by atoms with Gasteiger partial charge in [-0.1, -0.05) is 18.2 Å². The molecule has 0 amide bonds. The van der Waals surface area contributed by atoms with Crippen LogP contribution in [-0.4, -0.2) is 33.8 Å². The molecule has 28 heavy (non-hydrogen) atoms. The number of aromatic nitrogens is 3. The number of nitrogens with zero attached hydrogens (tertiary/aromatic N) is 4. The number of fused-ring (bicyclic) bond motifs is 2. The standard InChI is InChI=1S/C21H24N4O2S/c1-24-19-10-5-4-9-18(19)23-21(24)20-11-6-12-25(20)28(26,27)16-13-15-7-2-3-8-17(15)22-14-16/h2-3,7-8,13-14,20H,4-6,9-12H2,1H3. The van der Waals surface area contributed by atoms with Crippen molar-refractivity contribution < 1.29 is 8.42 Å². The van der Waals surface area contributed by atoms with E-state index in [2.05, 4.69) is 9.55 Å². The molecule has 2 aliphatic rings. The summed E-state index contributed by atoms with van der Waals surface area (Å²) < 4.78 is 30.7. The Morgan fingerprint density at radius 2 is 1.93 bits per heavy atom. The van der Waals surface area contributed by atoms with Gasteiger partial charge in [-0.05, 0) is 50.7 Å². The monoisotopic (exact) mass is 396 g/mol. The highest BCUT2D eigenvalue weighted by molar-refractivity contribution is 7.89. The van der Waals surface area contributed by atoms with E-state index in [-0.39, 0.29) is 10.9 Å². The summed E-state index contributed by atoms with van der Waals surface area (Å²) in [4.78, 5) is 9.50.